The number of benzene rings is 2. The lowest BCUT2D eigenvalue weighted by Gasteiger charge is -2.45. The van der Waals surface area contributed by atoms with Gasteiger partial charge in [-0.2, -0.15) is 0 Å². The summed E-state index contributed by atoms with van der Waals surface area (Å²) < 4.78 is 49.3. The van der Waals surface area contributed by atoms with E-state index in [0.717, 1.165) is 30.4 Å². The molecule has 1 aliphatic rings. The van der Waals surface area contributed by atoms with E-state index in [4.69, 9.17) is 37.6 Å². The molecule has 3 aromatic rings. The van der Waals surface area contributed by atoms with Crippen LogP contribution < -0.4 is 14.9 Å². The number of ether oxygens (including phenoxy) is 7. The quantitative estimate of drug-likeness (QED) is 0.0357. The van der Waals surface area contributed by atoms with Gasteiger partial charge >= 0.3 is 35.8 Å². The van der Waals surface area contributed by atoms with Crippen LogP contribution in [0.5, 0.6) is 11.5 Å². The number of aryl methyl sites for hydroxylation is 2. The highest BCUT2D eigenvalue weighted by Gasteiger charge is 2.55. The summed E-state index contributed by atoms with van der Waals surface area (Å²) >= 11 is 0. The molecule has 0 saturated carbocycles. The minimum Gasteiger partial charge on any atom is -0.463 e. The number of fused-ring (bicyclic) bond motifs is 2. The molecular weight excluding hydrogens is 829 g/mol. The largest absolute Gasteiger partial charge is 0.463 e. The van der Waals surface area contributed by atoms with Crippen molar-refractivity contribution in [2.24, 2.45) is 0 Å². The van der Waals surface area contributed by atoms with Gasteiger partial charge in [-0.25, -0.2) is 0 Å². The van der Waals surface area contributed by atoms with Crippen LogP contribution in [0.15, 0.2) is 27.4 Å². The third-order valence-electron chi connectivity index (χ3n) is 10.6. The number of esters is 6. The summed E-state index contributed by atoms with van der Waals surface area (Å²) in [5.41, 5.74) is 1.36. The van der Waals surface area contributed by atoms with Crippen molar-refractivity contribution in [3.63, 3.8) is 0 Å². The summed E-state index contributed by atoms with van der Waals surface area (Å²) in [6.45, 7) is 14.2. The lowest BCUT2D eigenvalue weighted by Crippen LogP contribution is -2.60. The lowest BCUT2D eigenvalue weighted by atomic mass is 9.88. The normalized spacial score (nSPS) is 18.3. The van der Waals surface area contributed by atoms with Gasteiger partial charge in [0.05, 0.1) is 10.9 Å². The number of hydrogen-bond acceptors (Lipinski definition) is 15. The van der Waals surface area contributed by atoms with Gasteiger partial charge in [-0.1, -0.05) is 68.2 Å². The van der Waals surface area contributed by atoms with Crippen molar-refractivity contribution in [3.8, 4) is 11.5 Å². The first-order valence-electron chi connectivity index (χ1n) is 23.2. The molecule has 2 heterocycles. The predicted octanol–water partition coefficient (Wildman–Crippen LogP) is 9.18. The predicted molar refractivity (Wildman–Crippen MR) is 237 cm³/mol. The Morgan fingerprint density at radius 1 is 0.531 bits per heavy atom. The SMILES string of the molecule is CCCC(=O)OC[C@H]1O[C@@H](c2c(OC(=O)CCC)cc3oc4cc(CCC)c(CCC)cc4c(=O)c3c2OC(=O)CCC)[C@H](OC(=O)CCC)[C@@H](OC(=O)CCC)[C@@H]1OC(=O)CCC. The maximum Gasteiger partial charge on any atom is 0.311 e. The molecule has 0 aliphatic carbocycles. The van der Waals surface area contributed by atoms with Crippen LogP contribution in [0.1, 0.15) is 168 Å². The Balaban J connectivity index is 2.22. The van der Waals surface area contributed by atoms with E-state index < -0.39 is 84.1 Å². The van der Waals surface area contributed by atoms with Gasteiger partial charge < -0.3 is 37.6 Å². The van der Waals surface area contributed by atoms with Crippen LogP contribution in [-0.2, 0) is 65.3 Å². The van der Waals surface area contributed by atoms with Gasteiger partial charge in [0.25, 0.3) is 0 Å². The van der Waals surface area contributed by atoms with Crippen LogP contribution in [0.4, 0.5) is 0 Å². The monoisotopic (exact) mass is 894 g/mol. The second-order valence-electron chi connectivity index (χ2n) is 16.1. The molecule has 64 heavy (non-hydrogen) atoms. The molecule has 0 bridgehead atoms. The Hall–Kier alpha value is -5.31. The first-order valence-corrected chi connectivity index (χ1v) is 23.2. The van der Waals surface area contributed by atoms with Gasteiger partial charge in [0.1, 0.15) is 41.1 Å². The van der Waals surface area contributed by atoms with Crippen LogP contribution in [0.3, 0.4) is 0 Å². The van der Waals surface area contributed by atoms with Crippen LogP contribution in [0, 0.1) is 0 Å². The van der Waals surface area contributed by atoms with E-state index in [2.05, 4.69) is 6.92 Å². The number of carbonyl (C=O) groups is 6. The Morgan fingerprint density at radius 3 is 1.56 bits per heavy atom. The van der Waals surface area contributed by atoms with E-state index in [1.807, 2.05) is 13.0 Å². The molecule has 4 rings (SSSR count). The van der Waals surface area contributed by atoms with E-state index in [1.165, 1.54) is 6.07 Å². The highest BCUT2D eigenvalue weighted by Crippen LogP contribution is 2.48. The molecule has 352 valence electrons. The number of hydrogen-bond donors (Lipinski definition) is 0. The zero-order chi connectivity index (χ0) is 46.9. The lowest BCUT2D eigenvalue weighted by molar-refractivity contribution is -0.256. The Bertz CT molecular complexity index is 2170. The molecule has 1 saturated heterocycles. The molecule has 0 unspecified atom stereocenters. The minimum absolute atomic E-state index is 0.0401. The average Bonchev–Trinajstić information content (AvgIpc) is 3.23. The molecule has 0 spiro atoms. The van der Waals surface area contributed by atoms with Crippen LogP contribution in [0.25, 0.3) is 21.9 Å². The molecule has 15 nitrogen and oxygen atoms in total. The summed E-state index contributed by atoms with van der Waals surface area (Å²) in [5.74, 6) is -4.92. The Morgan fingerprint density at radius 2 is 1.02 bits per heavy atom. The van der Waals surface area contributed by atoms with Crippen LogP contribution >= 0.6 is 0 Å². The van der Waals surface area contributed by atoms with Crippen molar-refractivity contribution >= 4 is 57.8 Å². The van der Waals surface area contributed by atoms with Gasteiger partial charge in [-0.15, -0.1) is 0 Å². The van der Waals surface area contributed by atoms with Crippen molar-refractivity contribution in [2.45, 2.75) is 189 Å². The molecule has 2 aromatic carbocycles. The Labute approximate surface area is 375 Å². The maximum atomic E-state index is 15.0. The molecule has 0 N–H and O–H groups in total. The first-order chi connectivity index (χ1) is 30.8. The maximum absolute atomic E-state index is 15.0. The van der Waals surface area contributed by atoms with E-state index in [9.17, 15) is 28.8 Å². The molecular formula is C49H66O15. The van der Waals surface area contributed by atoms with Crippen molar-refractivity contribution in [1.29, 1.82) is 0 Å². The van der Waals surface area contributed by atoms with Gasteiger partial charge in [0, 0.05) is 44.6 Å². The highest BCUT2D eigenvalue weighted by molar-refractivity contribution is 5.97. The van der Waals surface area contributed by atoms with Crippen molar-refractivity contribution in [3.05, 3.63) is 45.1 Å². The zero-order valence-electron chi connectivity index (χ0n) is 38.8. The summed E-state index contributed by atoms with van der Waals surface area (Å²) in [7, 11) is 0. The van der Waals surface area contributed by atoms with Gasteiger partial charge in [0.15, 0.2) is 24.1 Å². The van der Waals surface area contributed by atoms with Crippen molar-refractivity contribution < 1.29 is 66.3 Å². The zero-order valence-corrected chi connectivity index (χ0v) is 38.8. The van der Waals surface area contributed by atoms with Gasteiger partial charge in [0.2, 0.25) is 5.43 Å². The van der Waals surface area contributed by atoms with Crippen molar-refractivity contribution in [2.75, 3.05) is 6.61 Å². The summed E-state index contributed by atoms with van der Waals surface area (Å²) in [6, 6.07) is 4.94. The van der Waals surface area contributed by atoms with E-state index in [0.29, 0.717) is 44.9 Å². The van der Waals surface area contributed by atoms with E-state index in [-0.39, 0.29) is 71.8 Å². The summed E-state index contributed by atoms with van der Waals surface area (Å²) in [4.78, 5) is 95.8. The van der Waals surface area contributed by atoms with Crippen LogP contribution in [0.2, 0.25) is 0 Å². The molecule has 0 amide bonds. The number of carbonyl (C=O) groups excluding carboxylic acids is 6. The topological polar surface area (TPSA) is 197 Å². The molecule has 1 aromatic heterocycles. The Kier molecular flexibility index (Phi) is 20.2. The molecule has 1 fully saturated rings. The third-order valence-corrected chi connectivity index (χ3v) is 10.6. The molecule has 0 radical (unpaired) electrons. The van der Waals surface area contributed by atoms with Crippen molar-refractivity contribution in [1.82, 2.24) is 0 Å². The smallest absolute Gasteiger partial charge is 0.311 e. The third kappa shape index (κ3) is 13.1. The summed E-state index contributed by atoms with van der Waals surface area (Å²) in [5, 5.41) is 0.00728. The van der Waals surface area contributed by atoms with E-state index >= 15 is 4.79 Å². The van der Waals surface area contributed by atoms with Gasteiger partial charge in [-0.3, -0.25) is 33.6 Å². The first kappa shape index (κ1) is 51.3. The second-order valence-corrected chi connectivity index (χ2v) is 16.1. The molecule has 1 aliphatic heterocycles. The fourth-order valence-electron chi connectivity index (χ4n) is 7.70. The fraction of sp³-hybridized carbons (Fsp3) is 0.612. The molecule has 5 atom stereocenters. The number of rotatable bonds is 24. The molecule has 15 heteroatoms. The standard InChI is InChI=1S/C49H66O15/c1-9-17-29-25-31-32(26-30(29)18-10-2)58-33-27-34(59-37(51)20-12-4)43(46(42(33)44(31)56)62-39(53)22-14-6)47-49(64-41(55)24-16-8)48(63-40(54)23-15-7)45(61-38(52)21-13-5)35(60-47)28-57-36(50)19-11-3/h25-27,35,45,47-49H,9-24,28H2,1-8H3/t35-,45-,47+,48+,49+/m1/s1. The van der Waals surface area contributed by atoms with Gasteiger partial charge in [-0.05, 0) is 74.6 Å². The average molecular weight is 895 g/mol. The highest BCUT2D eigenvalue weighted by atomic mass is 16.7. The van der Waals surface area contributed by atoms with Crippen LogP contribution in [-0.4, -0.2) is 66.8 Å². The second kappa shape index (κ2) is 25.2. The summed E-state index contributed by atoms with van der Waals surface area (Å²) in [6.07, 6.45) is -2.83. The fourth-order valence-corrected chi connectivity index (χ4v) is 7.70. The van der Waals surface area contributed by atoms with E-state index in [1.54, 1.807) is 47.6 Å². The minimum atomic E-state index is -1.69.